The Morgan fingerprint density at radius 3 is 2.47 bits per heavy atom. The molecule has 1 aromatic rings. The van der Waals surface area contributed by atoms with Crippen molar-refractivity contribution < 1.29 is 14.7 Å². The number of aromatic nitrogens is 1. The highest BCUT2D eigenvalue weighted by Gasteiger charge is 2.08. The van der Waals surface area contributed by atoms with Gasteiger partial charge >= 0.3 is 5.97 Å². The number of unbranched alkanes of at least 4 members (excludes halogenated alkanes) is 4. The van der Waals surface area contributed by atoms with Crippen molar-refractivity contribution in [1.29, 1.82) is 0 Å². The third-order valence-corrected chi connectivity index (χ3v) is 3.05. The lowest BCUT2D eigenvalue weighted by molar-refractivity contribution is -0.137. The molecule has 1 heterocycles. The summed E-state index contributed by atoms with van der Waals surface area (Å²) in [6.45, 7) is 2.57. The average Bonchev–Trinajstić information content (AvgIpc) is 2.78. The molecule has 0 saturated heterocycles. The quantitative estimate of drug-likeness (QED) is 0.600. The van der Waals surface area contributed by atoms with Gasteiger partial charge in [-0.3, -0.25) is 9.59 Å². The molecule has 0 atom stereocenters. The molecule has 5 nitrogen and oxygen atoms in total. The zero-order valence-corrected chi connectivity index (χ0v) is 11.4. The molecule has 0 aromatic carbocycles. The molecule has 0 saturated carbocycles. The molecule has 1 rings (SSSR count). The predicted molar refractivity (Wildman–Crippen MR) is 73.2 cm³/mol. The van der Waals surface area contributed by atoms with Gasteiger partial charge in [-0.1, -0.05) is 19.3 Å². The SMILES string of the molecule is Cc1c[nH]cc1C(=O)NCCCCCCCC(=O)O. The maximum Gasteiger partial charge on any atom is 0.303 e. The highest BCUT2D eigenvalue weighted by Crippen LogP contribution is 2.07. The number of H-pyrrole nitrogens is 1. The first kappa shape index (κ1) is 15.3. The van der Waals surface area contributed by atoms with Gasteiger partial charge in [0.25, 0.3) is 5.91 Å². The van der Waals surface area contributed by atoms with E-state index in [1.54, 1.807) is 12.4 Å². The molecule has 0 radical (unpaired) electrons. The van der Waals surface area contributed by atoms with Crippen molar-refractivity contribution in [3.8, 4) is 0 Å². The number of carboxylic acid groups (broad SMARTS) is 1. The van der Waals surface area contributed by atoms with E-state index in [1.165, 1.54) is 0 Å². The van der Waals surface area contributed by atoms with Crippen LogP contribution in [0.4, 0.5) is 0 Å². The molecule has 19 heavy (non-hydrogen) atoms. The van der Waals surface area contributed by atoms with Gasteiger partial charge in [0.2, 0.25) is 0 Å². The lowest BCUT2D eigenvalue weighted by atomic mass is 10.1. The van der Waals surface area contributed by atoms with Gasteiger partial charge < -0.3 is 15.4 Å². The number of amides is 1. The number of carbonyl (C=O) groups is 2. The first-order valence-electron chi connectivity index (χ1n) is 6.74. The summed E-state index contributed by atoms with van der Waals surface area (Å²) in [5, 5.41) is 11.4. The summed E-state index contributed by atoms with van der Waals surface area (Å²) in [5.41, 5.74) is 1.65. The number of aromatic amines is 1. The Bertz CT molecular complexity index is 413. The Kier molecular flexibility index (Phi) is 6.71. The van der Waals surface area contributed by atoms with Crippen molar-refractivity contribution in [3.63, 3.8) is 0 Å². The monoisotopic (exact) mass is 266 g/mol. The highest BCUT2D eigenvalue weighted by molar-refractivity contribution is 5.95. The third-order valence-electron chi connectivity index (χ3n) is 3.05. The minimum atomic E-state index is -0.728. The van der Waals surface area contributed by atoms with E-state index in [0.29, 0.717) is 12.1 Å². The number of aliphatic carboxylic acids is 1. The molecule has 1 amide bonds. The van der Waals surface area contributed by atoms with E-state index in [0.717, 1.165) is 37.7 Å². The van der Waals surface area contributed by atoms with Gasteiger partial charge in [0.15, 0.2) is 0 Å². The first-order valence-corrected chi connectivity index (χ1v) is 6.74. The van der Waals surface area contributed by atoms with E-state index in [4.69, 9.17) is 5.11 Å². The summed E-state index contributed by atoms with van der Waals surface area (Å²) in [5.74, 6) is -0.765. The van der Waals surface area contributed by atoms with Crippen LogP contribution >= 0.6 is 0 Å². The van der Waals surface area contributed by atoms with E-state index in [2.05, 4.69) is 10.3 Å². The average molecular weight is 266 g/mol. The summed E-state index contributed by atoms with van der Waals surface area (Å²) < 4.78 is 0. The van der Waals surface area contributed by atoms with Crippen LogP contribution < -0.4 is 5.32 Å². The second-order valence-electron chi connectivity index (χ2n) is 4.72. The van der Waals surface area contributed by atoms with Gasteiger partial charge in [-0.15, -0.1) is 0 Å². The summed E-state index contributed by atoms with van der Waals surface area (Å²) >= 11 is 0. The van der Waals surface area contributed by atoms with Crippen LogP contribution in [-0.2, 0) is 4.79 Å². The number of nitrogens with one attached hydrogen (secondary N) is 2. The fourth-order valence-corrected chi connectivity index (χ4v) is 1.91. The third kappa shape index (κ3) is 6.08. The number of carbonyl (C=O) groups excluding carboxylic acids is 1. The Balaban J connectivity index is 2.01. The minimum Gasteiger partial charge on any atom is -0.481 e. The molecule has 0 aliphatic heterocycles. The normalized spacial score (nSPS) is 10.4. The second kappa shape index (κ2) is 8.34. The van der Waals surface area contributed by atoms with Crippen molar-refractivity contribution >= 4 is 11.9 Å². The van der Waals surface area contributed by atoms with Crippen molar-refractivity contribution in [1.82, 2.24) is 10.3 Å². The lowest BCUT2D eigenvalue weighted by Crippen LogP contribution is -2.24. The van der Waals surface area contributed by atoms with Crippen LogP contribution in [0.25, 0.3) is 0 Å². The van der Waals surface area contributed by atoms with Gasteiger partial charge in [-0.25, -0.2) is 0 Å². The molecule has 0 bridgehead atoms. The van der Waals surface area contributed by atoms with Gasteiger partial charge in [-0.2, -0.15) is 0 Å². The zero-order chi connectivity index (χ0) is 14.1. The molecule has 3 N–H and O–H groups in total. The van der Waals surface area contributed by atoms with Crippen molar-refractivity contribution in [3.05, 3.63) is 23.5 Å². The number of hydrogen-bond donors (Lipinski definition) is 3. The molecule has 0 aliphatic carbocycles. The Morgan fingerprint density at radius 1 is 1.16 bits per heavy atom. The largest absolute Gasteiger partial charge is 0.481 e. The van der Waals surface area contributed by atoms with E-state index >= 15 is 0 Å². The Hall–Kier alpha value is -1.78. The second-order valence-corrected chi connectivity index (χ2v) is 4.72. The van der Waals surface area contributed by atoms with Crippen molar-refractivity contribution in [2.75, 3.05) is 6.54 Å². The van der Waals surface area contributed by atoms with Crippen molar-refractivity contribution in [2.45, 2.75) is 45.4 Å². The lowest BCUT2D eigenvalue weighted by Gasteiger charge is -2.04. The van der Waals surface area contributed by atoms with Crippen LogP contribution in [0.1, 0.15) is 54.4 Å². The van der Waals surface area contributed by atoms with E-state index in [9.17, 15) is 9.59 Å². The predicted octanol–water partition coefficient (Wildman–Crippen LogP) is 2.48. The van der Waals surface area contributed by atoms with Crippen LogP contribution in [0, 0.1) is 6.92 Å². The Morgan fingerprint density at radius 2 is 1.84 bits per heavy atom. The zero-order valence-electron chi connectivity index (χ0n) is 11.4. The van der Waals surface area contributed by atoms with Crippen LogP contribution in [0.2, 0.25) is 0 Å². The molecule has 0 aliphatic rings. The smallest absolute Gasteiger partial charge is 0.303 e. The van der Waals surface area contributed by atoms with E-state index in [-0.39, 0.29) is 12.3 Å². The van der Waals surface area contributed by atoms with E-state index < -0.39 is 5.97 Å². The molecule has 0 spiro atoms. The number of aryl methyl sites for hydroxylation is 1. The van der Waals surface area contributed by atoms with Gasteiger partial charge in [0.1, 0.15) is 0 Å². The molecule has 106 valence electrons. The van der Waals surface area contributed by atoms with E-state index in [1.807, 2.05) is 6.92 Å². The van der Waals surface area contributed by atoms with Crippen LogP contribution in [0.15, 0.2) is 12.4 Å². The van der Waals surface area contributed by atoms with Gasteiger partial charge in [-0.05, 0) is 25.3 Å². The molecule has 0 fully saturated rings. The molecule has 0 unspecified atom stereocenters. The summed E-state index contributed by atoms with van der Waals surface area (Å²) in [6.07, 6.45) is 8.42. The fourth-order valence-electron chi connectivity index (χ4n) is 1.91. The van der Waals surface area contributed by atoms with Gasteiger partial charge in [0, 0.05) is 25.4 Å². The number of carboxylic acids is 1. The molecular weight excluding hydrogens is 244 g/mol. The summed E-state index contributed by atoms with van der Waals surface area (Å²) in [7, 11) is 0. The van der Waals surface area contributed by atoms with Crippen molar-refractivity contribution in [2.24, 2.45) is 0 Å². The molecule has 5 heteroatoms. The van der Waals surface area contributed by atoms with Crippen LogP contribution in [0.3, 0.4) is 0 Å². The van der Waals surface area contributed by atoms with Gasteiger partial charge in [0.05, 0.1) is 5.56 Å². The molecular formula is C14H22N2O3. The maximum atomic E-state index is 11.7. The standard InChI is InChI=1S/C14H22N2O3/c1-11-9-15-10-12(11)14(19)16-8-6-4-2-3-5-7-13(17)18/h9-10,15H,2-8H2,1H3,(H,16,19)(H,17,18). The number of rotatable bonds is 9. The Labute approximate surface area is 113 Å². The maximum absolute atomic E-state index is 11.7. The number of hydrogen-bond acceptors (Lipinski definition) is 2. The minimum absolute atomic E-state index is 0.0374. The summed E-state index contributed by atoms with van der Waals surface area (Å²) in [4.78, 5) is 24.9. The highest BCUT2D eigenvalue weighted by atomic mass is 16.4. The summed E-state index contributed by atoms with van der Waals surface area (Å²) in [6, 6.07) is 0. The van der Waals surface area contributed by atoms with Crippen LogP contribution in [-0.4, -0.2) is 28.5 Å². The topological polar surface area (TPSA) is 82.2 Å². The first-order chi connectivity index (χ1) is 9.11. The van der Waals surface area contributed by atoms with Crippen LogP contribution in [0.5, 0.6) is 0 Å². The fraction of sp³-hybridized carbons (Fsp3) is 0.571. The molecule has 1 aromatic heterocycles.